The highest BCUT2D eigenvalue weighted by molar-refractivity contribution is 8.03. The minimum atomic E-state index is -1.10. The van der Waals surface area contributed by atoms with Crippen LogP contribution < -0.4 is 10.9 Å². The van der Waals surface area contributed by atoms with Crippen molar-refractivity contribution in [2.24, 2.45) is 0 Å². The fraction of sp³-hybridized carbons (Fsp3) is 0.529. The molecular weight excluding hydrogens is 358 g/mol. The van der Waals surface area contributed by atoms with Gasteiger partial charge in [0.2, 0.25) is 0 Å². The summed E-state index contributed by atoms with van der Waals surface area (Å²) in [6, 6.07) is -1.10. The summed E-state index contributed by atoms with van der Waals surface area (Å²) in [5.41, 5.74) is 0.296. The van der Waals surface area contributed by atoms with Crippen molar-refractivity contribution in [2.45, 2.75) is 51.4 Å². The van der Waals surface area contributed by atoms with Gasteiger partial charge in [0, 0.05) is 16.8 Å². The number of nitrogens with zero attached hydrogens (tertiary/aromatic N) is 2. The predicted octanol–water partition coefficient (Wildman–Crippen LogP) is 1.45. The third-order valence-corrected chi connectivity index (χ3v) is 4.91. The van der Waals surface area contributed by atoms with E-state index in [2.05, 4.69) is 10.3 Å². The summed E-state index contributed by atoms with van der Waals surface area (Å²) in [6.45, 7) is 9.07. The molecule has 0 bridgehead atoms. The van der Waals surface area contributed by atoms with Crippen molar-refractivity contribution >= 4 is 23.7 Å². The first-order valence-corrected chi connectivity index (χ1v) is 8.79. The van der Waals surface area contributed by atoms with E-state index >= 15 is 0 Å². The molecule has 8 nitrogen and oxygen atoms in total. The molecule has 2 heterocycles. The van der Waals surface area contributed by atoms with Crippen LogP contribution in [0.3, 0.4) is 0 Å². The molecule has 0 fully saturated rings. The highest BCUT2D eigenvalue weighted by atomic mass is 32.2. The zero-order chi connectivity index (χ0) is 19.8. The van der Waals surface area contributed by atoms with E-state index in [1.165, 1.54) is 14.2 Å². The van der Waals surface area contributed by atoms with Crippen molar-refractivity contribution < 1.29 is 19.1 Å². The summed E-state index contributed by atoms with van der Waals surface area (Å²) >= 11 is 1.12. The monoisotopic (exact) mass is 381 g/mol. The molecule has 0 aliphatic carbocycles. The summed E-state index contributed by atoms with van der Waals surface area (Å²) in [7, 11) is 2.49. The van der Waals surface area contributed by atoms with Crippen LogP contribution in [-0.4, -0.2) is 41.2 Å². The van der Waals surface area contributed by atoms with Crippen LogP contribution in [0.2, 0.25) is 0 Å². The molecule has 0 aromatic carbocycles. The van der Waals surface area contributed by atoms with Gasteiger partial charge in [-0.2, -0.15) is 4.98 Å². The third-order valence-electron chi connectivity index (χ3n) is 3.92. The lowest BCUT2D eigenvalue weighted by Gasteiger charge is -2.33. The molecule has 142 valence electrons. The van der Waals surface area contributed by atoms with Crippen LogP contribution in [0, 0.1) is 13.8 Å². The molecule has 1 atom stereocenters. The van der Waals surface area contributed by atoms with Gasteiger partial charge in [0.15, 0.2) is 11.2 Å². The molecule has 1 unspecified atom stereocenters. The lowest BCUT2D eigenvalue weighted by atomic mass is 10.0. The Balaban J connectivity index is 2.83. The normalized spacial score (nSPS) is 16.8. The number of carbonyl (C=O) groups excluding carboxylic acids is 2. The van der Waals surface area contributed by atoms with Crippen molar-refractivity contribution in [1.29, 1.82) is 0 Å². The molecule has 26 heavy (non-hydrogen) atoms. The second-order valence-electron chi connectivity index (χ2n) is 6.92. The lowest BCUT2D eigenvalue weighted by Crippen LogP contribution is -2.41. The number of ether oxygens (including phenoxy) is 2. The topological polar surface area (TPSA) is 99.5 Å². The number of rotatable bonds is 3. The molecule has 0 saturated heterocycles. The second kappa shape index (κ2) is 7.14. The van der Waals surface area contributed by atoms with E-state index < -0.39 is 23.5 Å². The summed E-state index contributed by atoms with van der Waals surface area (Å²) in [6.07, 6.45) is 0. The number of thioether (sulfide) groups is 1. The molecule has 0 saturated carbocycles. The van der Waals surface area contributed by atoms with Crippen LogP contribution in [0.4, 0.5) is 0 Å². The van der Waals surface area contributed by atoms with Crippen molar-refractivity contribution in [1.82, 2.24) is 14.9 Å². The Kier molecular flexibility index (Phi) is 5.50. The average Bonchev–Trinajstić information content (AvgIpc) is 2.56. The third kappa shape index (κ3) is 3.62. The van der Waals surface area contributed by atoms with Gasteiger partial charge in [0.05, 0.1) is 19.2 Å². The summed E-state index contributed by atoms with van der Waals surface area (Å²) < 4.78 is 11.4. The highest BCUT2D eigenvalue weighted by Gasteiger charge is 2.41. The zero-order valence-corrected chi connectivity index (χ0v) is 16.7. The van der Waals surface area contributed by atoms with Crippen LogP contribution in [0.25, 0.3) is 0 Å². The van der Waals surface area contributed by atoms with E-state index in [0.29, 0.717) is 21.4 Å². The van der Waals surface area contributed by atoms with Gasteiger partial charge in [-0.3, -0.25) is 4.79 Å². The van der Waals surface area contributed by atoms with E-state index in [-0.39, 0.29) is 11.1 Å². The van der Waals surface area contributed by atoms with E-state index in [4.69, 9.17) is 9.47 Å². The molecule has 2 rings (SSSR count). The number of methoxy groups -OCH3 is 2. The van der Waals surface area contributed by atoms with Gasteiger partial charge >= 0.3 is 11.9 Å². The predicted molar refractivity (Wildman–Crippen MR) is 96.8 cm³/mol. The molecule has 9 heteroatoms. The van der Waals surface area contributed by atoms with Gasteiger partial charge in [-0.25, -0.2) is 9.59 Å². The fourth-order valence-electron chi connectivity index (χ4n) is 2.56. The van der Waals surface area contributed by atoms with Crippen molar-refractivity contribution in [3.05, 3.63) is 32.2 Å². The summed E-state index contributed by atoms with van der Waals surface area (Å²) in [5.74, 6) is -1.30. The molecule has 1 aliphatic rings. The molecular formula is C17H23N3O5S. The molecule has 0 amide bonds. The standard InChI is InChI=1S/C17H23N3O5S/c1-8-9(2)20-11(15(23)25-7)10(14(22)24-6)13(19-17(3,4)5)26-16(20)18-12(8)21/h11,19H,1-7H3. The van der Waals surface area contributed by atoms with E-state index in [0.717, 1.165) is 11.8 Å². The average molecular weight is 381 g/mol. The van der Waals surface area contributed by atoms with Crippen LogP contribution in [0.1, 0.15) is 38.1 Å². The van der Waals surface area contributed by atoms with E-state index in [9.17, 15) is 14.4 Å². The van der Waals surface area contributed by atoms with Crippen LogP contribution in [0.5, 0.6) is 0 Å². The van der Waals surface area contributed by atoms with Gasteiger partial charge in [-0.15, -0.1) is 0 Å². The largest absolute Gasteiger partial charge is 0.467 e. The number of hydrogen-bond acceptors (Lipinski definition) is 8. The number of fused-ring (bicyclic) bond motifs is 1. The van der Waals surface area contributed by atoms with Crippen molar-refractivity contribution in [3.63, 3.8) is 0 Å². The Morgan fingerprint density at radius 2 is 1.81 bits per heavy atom. The Labute approximate surface area is 156 Å². The van der Waals surface area contributed by atoms with Gasteiger partial charge in [0.25, 0.3) is 5.56 Å². The highest BCUT2D eigenvalue weighted by Crippen LogP contribution is 2.40. The van der Waals surface area contributed by atoms with E-state index in [1.54, 1.807) is 18.4 Å². The summed E-state index contributed by atoms with van der Waals surface area (Å²) in [4.78, 5) is 41.3. The maximum Gasteiger partial charge on any atom is 0.339 e. The number of hydrogen-bond donors (Lipinski definition) is 1. The summed E-state index contributed by atoms with van der Waals surface area (Å²) in [5, 5.41) is 3.93. The minimum Gasteiger partial charge on any atom is -0.467 e. The van der Waals surface area contributed by atoms with Crippen molar-refractivity contribution in [2.75, 3.05) is 14.2 Å². The minimum absolute atomic E-state index is 0.125. The maximum absolute atomic E-state index is 12.6. The van der Waals surface area contributed by atoms with Crippen LogP contribution in [-0.2, 0) is 19.1 Å². The van der Waals surface area contributed by atoms with Crippen molar-refractivity contribution in [3.8, 4) is 0 Å². The molecule has 0 spiro atoms. The van der Waals surface area contributed by atoms with Gasteiger partial charge in [0.1, 0.15) is 5.57 Å². The van der Waals surface area contributed by atoms with Gasteiger partial charge < -0.3 is 19.4 Å². The molecule has 1 N–H and O–H groups in total. The lowest BCUT2D eigenvalue weighted by molar-refractivity contribution is -0.147. The van der Waals surface area contributed by atoms with Gasteiger partial charge in [-0.1, -0.05) is 0 Å². The number of aromatic nitrogens is 2. The Morgan fingerprint density at radius 1 is 1.19 bits per heavy atom. The molecule has 1 aromatic rings. The Hall–Kier alpha value is -2.29. The first-order valence-electron chi connectivity index (χ1n) is 7.98. The molecule has 0 radical (unpaired) electrons. The van der Waals surface area contributed by atoms with E-state index in [1.807, 2.05) is 20.8 Å². The quantitative estimate of drug-likeness (QED) is 0.620. The second-order valence-corrected chi connectivity index (χ2v) is 7.89. The maximum atomic E-state index is 12.6. The molecule has 1 aromatic heterocycles. The SMILES string of the molecule is COC(=O)C1=C(NC(C)(C)C)Sc2nc(=O)c(C)c(C)n2C1C(=O)OC. The Morgan fingerprint density at radius 3 is 2.31 bits per heavy atom. The van der Waals surface area contributed by atoms with Crippen LogP contribution >= 0.6 is 11.8 Å². The van der Waals surface area contributed by atoms with Gasteiger partial charge in [-0.05, 0) is 46.4 Å². The number of carbonyl (C=O) groups is 2. The molecule has 1 aliphatic heterocycles. The number of nitrogens with one attached hydrogen (secondary N) is 1. The first-order chi connectivity index (χ1) is 12.0. The Bertz CT molecular complexity index is 851. The van der Waals surface area contributed by atoms with Crippen LogP contribution in [0.15, 0.2) is 20.6 Å². The number of esters is 2. The fourth-order valence-corrected chi connectivity index (χ4v) is 3.88. The zero-order valence-electron chi connectivity index (χ0n) is 15.9. The smallest absolute Gasteiger partial charge is 0.339 e. The first kappa shape index (κ1) is 20.0.